The first kappa shape index (κ1) is 15.8. The highest BCUT2D eigenvalue weighted by Gasteiger charge is 1.99. The molecule has 0 fully saturated rings. The number of carboxylic acid groups (broad SMARTS) is 1. The Morgan fingerprint density at radius 2 is 1.86 bits per heavy atom. The number of carboxylic acids is 1. The van der Waals surface area contributed by atoms with Crippen molar-refractivity contribution in [3.8, 4) is 0 Å². The molecule has 0 saturated carbocycles. The van der Waals surface area contributed by atoms with Crippen LogP contribution in [0.2, 0.25) is 0 Å². The molecule has 4 heteroatoms. The first-order valence-electron chi connectivity index (χ1n) is 5.00. The van der Waals surface area contributed by atoms with Gasteiger partial charge in [0.2, 0.25) is 0 Å². The van der Waals surface area contributed by atoms with E-state index in [4.69, 9.17) is 14.6 Å². The minimum absolute atomic E-state index is 0.676. The van der Waals surface area contributed by atoms with E-state index in [9.17, 15) is 0 Å². The van der Waals surface area contributed by atoms with Gasteiger partial charge in [-0.05, 0) is 12.8 Å². The number of hydrogen-bond donors (Lipinski definition) is 2. The van der Waals surface area contributed by atoms with Gasteiger partial charge in [0.1, 0.15) is 0 Å². The lowest BCUT2D eigenvalue weighted by Gasteiger charge is -2.13. The van der Waals surface area contributed by atoms with Crippen molar-refractivity contribution in [2.24, 2.45) is 0 Å². The molecule has 0 bridgehead atoms. The van der Waals surface area contributed by atoms with Crippen LogP contribution < -0.4 is 5.32 Å². The summed E-state index contributed by atoms with van der Waals surface area (Å²) < 4.78 is 4.92. The van der Waals surface area contributed by atoms with Crippen molar-refractivity contribution in [3.05, 3.63) is 0 Å². The maximum absolute atomic E-state index is 9.00. The van der Waals surface area contributed by atoms with Gasteiger partial charge >= 0.3 is 0 Å². The molecule has 0 amide bonds. The highest BCUT2D eigenvalue weighted by molar-refractivity contribution is 5.62. The summed E-state index contributed by atoms with van der Waals surface area (Å²) in [5.74, 6) is -0.833. The van der Waals surface area contributed by atoms with Crippen molar-refractivity contribution in [1.82, 2.24) is 5.32 Å². The Hall–Kier alpha value is -0.610. The number of ether oxygens (including phenoxy) is 1. The Labute approximate surface area is 86.6 Å². The fourth-order valence-corrected chi connectivity index (χ4v) is 0.942. The van der Waals surface area contributed by atoms with E-state index in [2.05, 4.69) is 19.2 Å². The van der Waals surface area contributed by atoms with Gasteiger partial charge in [-0.25, -0.2) is 0 Å². The topological polar surface area (TPSA) is 58.6 Å². The number of methoxy groups -OCH3 is 1. The van der Waals surface area contributed by atoms with Crippen LogP contribution in [0.1, 0.15) is 33.6 Å². The maximum atomic E-state index is 9.00. The number of carbonyl (C=O) groups is 1. The zero-order chi connectivity index (χ0) is 11.4. The second kappa shape index (κ2) is 12.4. The van der Waals surface area contributed by atoms with Gasteiger partial charge < -0.3 is 15.2 Å². The van der Waals surface area contributed by atoms with Crippen molar-refractivity contribution < 1.29 is 14.6 Å². The molecular formula is C10H23NO3. The van der Waals surface area contributed by atoms with Crippen LogP contribution in [0.3, 0.4) is 0 Å². The highest BCUT2D eigenvalue weighted by atomic mass is 16.5. The predicted octanol–water partition coefficient (Wildman–Crippen LogP) is 1.50. The average Bonchev–Trinajstić information content (AvgIpc) is 2.12. The SMILES string of the molecule is CC(=O)O.CCC(CC)NCCOC. The van der Waals surface area contributed by atoms with Crippen molar-refractivity contribution >= 4 is 5.97 Å². The normalized spacial score (nSPS) is 9.50. The average molecular weight is 205 g/mol. The van der Waals surface area contributed by atoms with Gasteiger partial charge in [0.05, 0.1) is 6.61 Å². The molecule has 86 valence electrons. The van der Waals surface area contributed by atoms with Crippen LogP contribution in [0.25, 0.3) is 0 Å². The van der Waals surface area contributed by atoms with Gasteiger partial charge in [-0.1, -0.05) is 13.8 Å². The molecule has 2 N–H and O–H groups in total. The summed E-state index contributed by atoms with van der Waals surface area (Å²) in [7, 11) is 1.73. The summed E-state index contributed by atoms with van der Waals surface area (Å²) >= 11 is 0. The Bertz CT molecular complexity index is 121. The van der Waals surface area contributed by atoms with Gasteiger partial charge in [-0.3, -0.25) is 4.79 Å². The lowest BCUT2D eigenvalue weighted by Crippen LogP contribution is -2.30. The minimum atomic E-state index is -0.833. The third-order valence-corrected chi connectivity index (χ3v) is 1.72. The molecule has 0 heterocycles. The molecule has 0 spiro atoms. The molecule has 0 aliphatic heterocycles. The fraction of sp³-hybridized carbons (Fsp3) is 0.900. The Kier molecular flexibility index (Phi) is 14.0. The second-order valence-corrected chi connectivity index (χ2v) is 2.98. The van der Waals surface area contributed by atoms with E-state index in [1.54, 1.807) is 7.11 Å². The van der Waals surface area contributed by atoms with Gasteiger partial charge in [0.25, 0.3) is 5.97 Å². The summed E-state index contributed by atoms with van der Waals surface area (Å²) in [4.78, 5) is 9.00. The highest BCUT2D eigenvalue weighted by Crippen LogP contribution is 1.94. The summed E-state index contributed by atoms with van der Waals surface area (Å²) in [5.41, 5.74) is 0. The Morgan fingerprint density at radius 3 is 2.14 bits per heavy atom. The third kappa shape index (κ3) is 17.5. The molecule has 0 rings (SSSR count). The largest absolute Gasteiger partial charge is 0.481 e. The molecule has 0 atom stereocenters. The summed E-state index contributed by atoms with van der Waals surface area (Å²) in [5, 5.41) is 10.8. The van der Waals surface area contributed by atoms with Gasteiger partial charge in [-0.15, -0.1) is 0 Å². The van der Waals surface area contributed by atoms with E-state index in [1.165, 1.54) is 12.8 Å². The van der Waals surface area contributed by atoms with E-state index >= 15 is 0 Å². The lowest BCUT2D eigenvalue weighted by atomic mass is 10.2. The molecule has 0 saturated heterocycles. The standard InChI is InChI=1S/C8H19NO.C2H4O2/c1-4-8(5-2)9-6-7-10-3;1-2(3)4/h8-9H,4-7H2,1-3H3;1H3,(H,3,4). The first-order chi connectivity index (χ1) is 6.58. The number of rotatable bonds is 6. The molecule has 0 aromatic carbocycles. The van der Waals surface area contributed by atoms with Crippen molar-refractivity contribution in [2.75, 3.05) is 20.3 Å². The Morgan fingerprint density at radius 1 is 1.43 bits per heavy atom. The fourth-order valence-electron chi connectivity index (χ4n) is 0.942. The van der Waals surface area contributed by atoms with Crippen LogP contribution in [0, 0.1) is 0 Å². The van der Waals surface area contributed by atoms with Crippen LogP contribution in [-0.2, 0) is 9.53 Å². The smallest absolute Gasteiger partial charge is 0.300 e. The van der Waals surface area contributed by atoms with Crippen molar-refractivity contribution in [3.63, 3.8) is 0 Å². The molecule has 0 unspecified atom stereocenters. The van der Waals surface area contributed by atoms with Crippen LogP contribution >= 0.6 is 0 Å². The minimum Gasteiger partial charge on any atom is -0.481 e. The van der Waals surface area contributed by atoms with Crippen LogP contribution in [-0.4, -0.2) is 37.4 Å². The van der Waals surface area contributed by atoms with Crippen LogP contribution in [0.4, 0.5) is 0 Å². The van der Waals surface area contributed by atoms with E-state index < -0.39 is 5.97 Å². The summed E-state index contributed by atoms with van der Waals surface area (Å²) in [6.07, 6.45) is 2.42. The Balaban J connectivity index is 0. The molecular weight excluding hydrogens is 182 g/mol. The van der Waals surface area contributed by atoms with Crippen molar-refractivity contribution in [2.45, 2.75) is 39.7 Å². The van der Waals surface area contributed by atoms with Gasteiger partial charge in [0.15, 0.2) is 0 Å². The summed E-state index contributed by atoms with van der Waals surface area (Å²) in [6.45, 7) is 7.28. The first-order valence-corrected chi connectivity index (χ1v) is 5.00. The zero-order valence-corrected chi connectivity index (χ0v) is 9.67. The quantitative estimate of drug-likeness (QED) is 0.645. The van der Waals surface area contributed by atoms with E-state index in [1.807, 2.05) is 0 Å². The van der Waals surface area contributed by atoms with E-state index in [0.29, 0.717) is 6.04 Å². The van der Waals surface area contributed by atoms with Gasteiger partial charge in [0, 0.05) is 26.6 Å². The molecule has 0 radical (unpaired) electrons. The number of aliphatic carboxylic acids is 1. The predicted molar refractivity (Wildman–Crippen MR) is 57.6 cm³/mol. The zero-order valence-electron chi connectivity index (χ0n) is 9.67. The monoisotopic (exact) mass is 205 g/mol. The maximum Gasteiger partial charge on any atom is 0.300 e. The molecule has 14 heavy (non-hydrogen) atoms. The van der Waals surface area contributed by atoms with E-state index in [0.717, 1.165) is 20.1 Å². The molecule has 0 aromatic rings. The van der Waals surface area contributed by atoms with Crippen LogP contribution in [0.15, 0.2) is 0 Å². The second-order valence-electron chi connectivity index (χ2n) is 2.98. The molecule has 0 aromatic heterocycles. The van der Waals surface area contributed by atoms with Crippen molar-refractivity contribution in [1.29, 1.82) is 0 Å². The van der Waals surface area contributed by atoms with E-state index in [-0.39, 0.29) is 0 Å². The molecule has 0 aliphatic rings. The number of hydrogen-bond acceptors (Lipinski definition) is 3. The third-order valence-electron chi connectivity index (χ3n) is 1.72. The van der Waals surface area contributed by atoms with Gasteiger partial charge in [-0.2, -0.15) is 0 Å². The summed E-state index contributed by atoms with van der Waals surface area (Å²) in [6, 6.07) is 0.676. The molecule has 4 nitrogen and oxygen atoms in total. The van der Waals surface area contributed by atoms with Crippen LogP contribution in [0.5, 0.6) is 0 Å². The lowest BCUT2D eigenvalue weighted by molar-refractivity contribution is -0.134. The molecule has 0 aliphatic carbocycles. The number of nitrogens with one attached hydrogen (secondary N) is 1.